The molecular formula is C26H34N2O5. The van der Waals surface area contributed by atoms with Gasteiger partial charge in [-0.15, -0.1) is 0 Å². The highest BCUT2D eigenvalue weighted by atomic mass is 16.5. The van der Waals surface area contributed by atoms with E-state index in [1.54, 1.807) is 21.3 Å². The van der Waals surface area contributed by atoms with Crippen LogP contribution < -0.4 is 19.5 Å². The molecule has 7 nitrogen and oxygen atoms in total. The average molecular weight is 455 g/mol. The molecule has 1 heterocycles. The van der Waals surface area contributed by atoms with Gasteiger partial charge in [0.2, 0.25) is 5.91 Å². The quantitative estimate of drug-likeness (QED) is 0.658. The zero-order valence-corrected chi connectivity index (χ0v) is 19.7. The minimum Gasteiger partial charge on any atom is -0.497 e. The first kappa shape index (κ1) is 23.4. The lowest BCUT2D eigenvalue weighted by atomic mass is 9.66. The number of benzene rings is 2. The number of piperidine rings is 1. The van der Waals surface area contributed by atoms with Crippen LogP contribution in [0.5, 0.6) is 17.2 Å². The molecule has 1 aliphatic carbocycles. The van der Waals surface area contributed by atoms with Crippen LogP contribution in [0.2, 0.25) is 0 Å². The summed E-state index contributed by atoms with van der Waals surface area (Å²) in [5.74, 6) is 2.16. The molecule has 0 spiro atoms. The van der Waals surface area contributed by atoms with E-state index >= 15 is 0 Å². The summed E-state index contributed by atoms with van der Waals surface area (Å²) in [6, 6.07) is 12.9. The van der Waals surface area contributed by atoms with Crippen LogP contribution in [0.4, 0.5) is 5.69 Å². The fourth-order valence-electron chi connectivity index (χ4n) is 5.46. The van der Waals surface area contributed by atoms with Crippen LogP contribution in [0.1, 0.15) is 43.7 Å². The van der Waals surface area contributed by atoms with Crippen LogP contribution in [0, 0.1) is 5.92 Å². The summed E-state index contributed by atoms with van der Waals surface area (Å²) in [6.07, 6.45) is 4.48. The molecule has 178 valence electrons. The third kappa shape index (κ3) is 4.94. The van der Waals surface area contributed by atoms with Crippen molar-refractivity contribution < 1.29 is 24.1 Å². The van der Waals surface area contributed by atoms with E-state index in [0.29, 0.717) is 13.0 Å². The smallest absolute Gasteiger partial charge is 0.238 e. The highest BCUT2D eigenvalue weighted by Crippen LogP contribution is 2.51. The van der Waals surface area contributed by atoms with Gasteiger partial charge in [0.05, 0.1) is 33.5 Å². The highest BCUT2D eigenvalue weighted by molar-refractivity contribution is 5.92. The van der Waals surface area contributed by atoms with Crippen molar-refractivity contribution in [2.24, 2.45) is 5.92 Å². The van der Waals surface area contributed by atoms with Gasteiger partial charge in [-0.25, -0.2) is 0 Å². The summed E-state index contributed by atoms with van der Waals surface area (Å²) in [5.41, 5.74) is 0.960. The number of nitrogens with zero attached hydrogens (tertiary/aromatic N) is 1. The molecule has 2 aromatic rings. The molecule has 2 aromatic carbocycles. The van der Waals surface area contributed by atoms with E-state index < -0.39 is 5.60 Å². The van der Waals surface area contributed by atoms with Crippen LogP contribution in [0.3, 0.4) is 0 Å². The average Bonchev–Trinajstić information content (AvgIpc) is 2.84. The Morgan fingerprint density at radius 1 is 1.03 bits per heavy atom. The highest BCUT2D eigenvalue weighted by Gasteiger charge is 2.50. The topological polar surface area (TPSA) is 80.3 Å². The fourth-order valence-corrected chi connectivity index (χ4v) is 5.46. The van der Waals surface area contributed by atoms with E-state index in [4.69, 9.17) is 14.2 Å². The van der Waals surface area contributed by atoms with Gasteiger partial charge in [0, 0.05) is 29.8 Å². The van der Waals surface area contributed by atoms with Crippen molar-refractivity contribution in [3.05, 3.63) is 48.0 Å². The minimum atomic E-state index is -0.722. The maximum atomic E-state index is 13.0. The molecule has 2 N–H and O–H groups in total. The predicted octanol–water partition coefficient (Wildman–Crippen LogP) is 4.02. The molecule has 0 aromatic heterocycles. The molecule has 2 fully saturated rings. The number of methoxy groups -OCH3 is 3. The van der Waals surface area contributed by atoms with Crippen molar-refractivity contribution in [1.82, 2.24) is 4.90 Å². The largest absolute Gasteiger partial charge is 0.497 e. The number of amides is 1. The monoisotopic (exact) mass is 454 g/mol. The van der Waals surface area contributed by atoms with Gasteiger partial charge in [-0.2, -0.15) is 0 Å². The normalized spacial score (nSPS) is 25.1. The van der Waals surface area contributed by atoms with Crippen LogP contribution in [0.15, 0.2) is 42.5 Å². The number of fused-ring (bicyclic) bond motifs is 1. The fraction of sp³-hybridized carbons (Fsp3) is 0.500. The predicted molar refractivity (Wildman–Crippen MR) is 127 cm³/mol. The molecular weight excluding hydrogens is 420 g/mol. The van der Waals surface area contributed by atoms with Crippen LogP contribution in [-0.4, -0.2) is 55.9 Å². The number of carbonyl (C=O) groups is 1. The SMILES string of the molecule is COc1ccc(NC(=O)CN2CC[C@@]3(O)CCCC[C@H]3[C@@H]2c2cc(OC)ccc2OC)cc1. The molecule has 7 heteroatoms. The Balaban J connectivity index is 1.62. The van der Waals surface area contributed by atoms with Gasteiger partial charge in [0.1, 0.15) is 17.2 Å². The van der Waals surface area contributed by atoms with Crippen molar-refractivity contribution in [2.45, 2.75) is 43.7 Å². The molecule has 1 aliphatic heterocycles. The van der Waals surface area contributed by atoms with Crippen LogP contribution >= 0.6 is 0 Å². The third-order valence-electron chi connectivity index (χ3n) is 7.15. The number of carbonyl (C=O) groups excluding carboxylic acids is 1. The Labute approximate surface area is 195 Å². The Kier molecular flexibility index (Phi) is 7.10. The number of aliphatic hydroxyl groups is 1. The molecule has 1 saturated carbocycles. The number of nitrogens with one attached hydrogen (secondary N) is 1. The van der Waals surface area contributed by atoms with Gasteiger partial charge in [-0.05, 0) is 61.7 Å². The first-order chi connectivity index (χ1) is 16.0. The van der Waals surface area contributed by atoms with Crippen molar-refractivity contribution in [2.75, 3.05) is 39.7 Å². The third-order valence-corrected chi connectivity index (χ3v) is 7.15. The zero-order valence-electron chi connectivity index (χ0n) is 19.7. The molecule has 0 unspecified atom stereocenters. The first-order valence-electron chi connectivity index (χ1n) is 11.6. The maximum Gasteiger partial charge on any atom is 0.238 e. The summed E-state index contributed by atoms with van der Waals surface area (Å²) >= 11 is 0. The number of ether oxygens (including phenoxy) is 3. The number of hydrogen-bond acceptors (Lipinski definition) is 6. The van der Waals surface area contributed by atoms with E-state index in [9.17, 15) is 9.90 Å². The first-order valence-corrected chi connectivity index (χ1v) is 11.6. The van der Waals surface area contributed by atoms with Crippen molar-refractivity contribution in [1.29, 1.82) is 0 Å². The number of likely N-dealkylation sites (tertiary alicyclic amines) is 1. The molecule has 4 rings (SSSR count). The Bertz CT molecular complexity index is 964. The Morgan fingerprint density at radius 3 is 2.45 bits per heavy atom. The van der Waals surface area contributed by atoms with Crippen molar-refractivity contribution in [3.8, 4) is 17.2 Å². The molecule has 0 radical (unpaired) electrons. The van der Waals surface area contributed by atoms with E-state index in [1.165, 1.54) is 0 Å². The van der Waals surface area contributed by atoms with Gasteiger partial charge < -0.3 is 24.6 Å². The molecule has 3 atom stereocenters. The summed E-state index contributed by atoms with van der Waals surface area (Å²) < 4.78 is 16.4. The van der Waals surface area contributed by atoms with E-state index in [1.807, 2.05) is 42.5 Å². The van der Waals surface area contributed by atoms with Gasteiger partial charge in [0.25, 0.3) is 0 Å². The van der Waals surface area contributed by atoms with E-state index in [2.05, 4.69) is 10.2 Å². The lowest BCUT2D eigenvalue weighted by molar-refractivity contribution is -0.135. The Hall–Kier alpha value is -2.77. The second kappa shape index (κ2) is 10.0. The number of rotatable bonds is 7. The summed E-state index contributed by atoms with van der Waals surface area (Å²) in [6.45, 7) is 0.859. The van der Waals surface area contributed by atoms with Crippen LogP contribution in [-0.2, 0) is 4.79 Å². The summed E-state index contributed by atoms with van der Waals surface area (Å²) in [4.78, 5) is 15.2. The number of anilines is 1. The van der Waals surface area contributed by atoms with Gasteiger partial charge in [0.15, 0.2) is 0 Å². The summed E-state index contributed by atoms with van der Waals surface area (Å²) in [7, 11) is 4.91. The Morgan fingerprint density at radius 2 is 1.76 bits per heavy atom. The van der Waals surface area contributed by atoms with Crippen molar-refractivity contribution in [3.63, 3.8) is 0 Å². The molecule has 1 saturated heterocycles. The standard InChI is InChI=1S/C26H34N2O5/c1-31-19-9-7-18(8-10-19)27-24(29)17-28-15-14-26(30)13-5-4-6-22(26)25(28)21-16-20(32-2)11-12-23(21)33-3/h7-12,16,22,25,30H,4-6,13-15,17H2,1-3H3,(H,27,29)/t22-,25-,26-/m0/s1. The minimum absolute atomic E-state index is 0.0230. The van der Waals surface area contributed by atoms with Crippen LogP contribution in [0.25, 0.3) is 0 Å². The van der Waals surface area contributed by atoms with E-state index in [0.717, 1.165) is 54.2 Å². The van der Waals surface area contributed by atoms with Gasteiger partial charge >= 0.3 is 0 Å². The second-order valence-corrected chi connectivity index (χ2v) is 9.01. The van der Waals surface area contributed by atoms with Gasteiger partial charge in [-0.3, -0.25) is 9.69 Å². The lowest BCUT2D eigenvalue weighted by Crippen LogP contribution is -2.56. The molecule has 33 heavy (non-hydrogen) atoms. The second-order valence-electron chi connectivity index (χ2n) is 9.01. The lowest BCUT2D eigenvalue weighted by Gasteiger charge is -2.52. The summed E-state index contributed by atoms with van der Waals surface area (Å²) in [5, 5.41) is 14.5. The molecule has 1 amide bonds. The maximum absolute atomic E-state index is 13.0. The zero-order chi connectivity index (χ0) is 23.4. The number of hydrogen-bond donors (Lipinski definition) is 2. The van der Waals surface area contributed by atoms with Crippen molar-refractivity contribution >= 4 is 11.6 Å². The molecule has 0 bridgehead atoms. The van der Waals surface area contributed by atoms with Gasteiger partial charge in [-0.1, -0.05) is 12.8 Å². The molecule has 2 aliphatic rings. The van der Waals surface area contributed by atoms with E-state index in [-0.39, 0.29) is 24.4 Å².